The molecule has 1 aliphatic rings. The Balaban J connectivity index is 1.79. The maximum atomic E-state index is 6.03. The van der Waals surface area contributed by atoms with Crippen molar-refractivity contribution >= 4 is 11.6 Å². The molecule has 2 rings (SSSR count). The molecular weight excluding hydrogens is 260 g/mol. The molecule has 1 fully saturated rings. The third-order valence-electron chi connectivity index (χ3n) is 3.43. The number of rotatable bonds is 6. The van der Waals surface area contributed by atoms with Crippen LogP contribution in [0.15, 0.2) is 31.0 Å². The van der Waals surface area contributed by atoms with Gasteiger partial charge in [-0.25, -0.2) is 4.98 Å². The summed E-state index contributed by atoms with van der Waals surface area (Å²) in [7, 11) is 0. The van der Waals surface area contributed by atoms with Gasteiger partial charge in [0.15, 0.2) is 0 Å². The van der Waals surface area contributed by atoms with Crippen molar-refractivity contribution in [1.82, 2.24) is 9.88 Å². The number of hydrogen-bond acceptors (Lipinski definition) is 3. The minimum absolute atomic E-state index is 0.549. The van der Waals surface area contributed by atoms with Gasteiger partial charge >= 0.3 is 0 Å². The molecular formula is C15H21ClN2O. The zero-order chi connectivity index (χ0) is 13.5. The van der Waals surface area contributed by atoms with Crippen LogP contribution in [0, 0.1) is 5.92 Å². The first kappa shape index (κ1) is 14.4. The van der Waals surface area contributed by atoms with Crippen LogP contribution < -0.4 is 4.74 Å². The van der Waals surface area contributed by atoms with Crippen LogP contribution in [0.2, 0.25) is 5.02 Å². The second kappa shape index (κ2) is 7.51. The first-order valence-electron chi connectivity index (χ1n) is 6.86. The van der Waals surface area contributed by atoms with Gasteiger partial charge in [0.2, 0.25) is 5.88 Å². The van der Waals surface area contributed by atoms with Gasteiger partial charge in [-0.1, -0.05) is 17.7 Å². The van der Waals surface area contributed by atoms with Crippen molar-refractivity contribution < 1.29 is 4.74 Å². The van der Waals surface area contributed by atoms with E-state index in [1.807, 2.05) is 12.1 Å². The van der Waals surface area contributed by atoms with Crippen LogP contribution in [0.4, 0.5) is 0 Å². The van der Waals surface area contributed by atoms with Gasteiger partial charge in [0.1, 0.15) is 5.02 Å². The smallest absolute Gasteiger partial charge is 0.232 e. The molecule has 2 heterocycles. The molecule has 0 spiro atoms. The van der Waals surface area contributed by atoms with Crippen LogP contribution in [0.25, 0.3) is 0 Å². The van der Waals surface area contributed by atoms with E-state index in [4.69, 9.17) is 16.3 Å². The van der Waals surface area contributed by atoms with Gasteiger partial charge in [-0.3, -0.25) is 0 Å². The van der Waals surface area contributed by atoms with Gasteiger partial charge < -0.3 is 9.64 Å². The molecule has 0 amide bonds. The van der Waals surface area contributed by atoms with Crippen LogP contribution in [0.1, 0.15) is 19.3 Å². The molecule has 1 aromatic rings. The summed E-state index contributed by atoms with van der Waals surface area (Å²) in [6.07, 6.45) is 7.20. The molecule has 0 radical (unpaired) electrons. The molecule has 0 saturated carbocycles. The Morgan fingerprint density at radius 2 is 2.47 bits per heavy atom. The minimum atomic E-state index is 0.549. The number of likely N-dealkylation sites (tertiary alicyclic amines) is 1. The Morgan fingerprint density at radius 3 is 3.26 bits per heavy atom. The van der Waals surface area contributed by atoms with Gasteiger partial charge in [-0.2, -0.15) is 0 Å². The predicted molar refractivity (Wildman–Crippen MR) is 78.7 cm³/mol. The highest BCUT2D eigenvalue weighted by Gasteiger charge is 2.20. The van der Waals surface area contributed by atoms with E-state index in [-0.39, 0.29) is 0 Å². The lowest BCUT2D eigenvalue weighted by molar-refractivity contribution is 0.129. The van der Waals surface area contributed by atoms with Gasteiger partial charge in [0.25, 0.3) is 0 Å². The fraction of sp³-hybridized carbons (Fsp3) is 0.533. The molecule has 1 aromatic heterocycles. The van der Waals surface area contributed by atoms with E-state index < -0.39 is 0 Å². The quantitative estimate of drug-likeness (QED) is 0.747. The monoisotopic (exact) mass is 280 g/mol. The van der Waals surface area contributed by atoms with Gasteiger partial charge in [-0.15, -0.1) is 6.58 Å². The van der Waals surface area contributed by atoms with E-state index in [9.17, 15) is 0 Å². The summed E-state index contributed by atoms with van der Waals surface area (Å²) in [5, 5.41) is 0.585. The molecule has 0 aromatic carbocycles. The number of piperidine rings is 1. The van der Waals surface area contributed by atoms with Crippen LogP contribution in [-0.2, 0) is 0 Å². The van der Waals surface area contributed by atoms with Gasteiger partial charge in [0.05, 0.1) is 6.61 Å². The fourth-order valence-corrected chi connectivity index (χ4v) is 2.61. The Labute approximate surface area is 120 Å². The summed E-state index contributed by atoms with van der Waals surface area (Å²) < 4.78 is 5.74. The fourth-order valence-electron chi connectivity index (χ4n) is 2.44. The highest BCUT2D eigenvalue weighted by Crippen LogP contribution is 2.22. The van der Waals surface area contributed by atoms with Crippen molar-refractivity contribution in [3.05, 3.63) is 36.0 Å². The van der Waals surface area contributed by atoms with Gasteiger partial charge in [0, 0.05) is 25.2 Å². The molecule has 4 heteroatoms. The van der Waals surface area contributed by atoms with E-state index in [0.717, 1.165) is 19.5 Å². The Kier molecular flexibility index (Phi) is 5.67. The van der Waals surface area contributed by atoms with Gasteiger partial charge in [-0.05, 0) is 37.9 Å². The van der Waals surface area contributed by atoms with Crippen molar-refractivity contribution in [2.75, 3.05) is 26.2 Å². The summed E-state index contributed by atoms with van der Waals surface area (Å²) in [6.45, 7) is 7.86. The standard InChI is InChI=1S/C15H21ClN2O/c1-2-3-9-18-10-5-6-13(11-18)12-19-15-14(16)7-4-8-17-15/h2,4,7-8,13H,1,3,5-6,9-12H2. The number of hydrogen-bond donors (Lipinski definition) is 0. The highest BCUT2D eigenvalue weighted by atomic mass is 35.5. The third kappa shape index (κ3) is 4.51. The van der Waals surface area contributed by atoms with Crippen LogP contribution in [-0.4, -0.2) is 36.1 Å². The van der Waals surface area contributed by atoms with Crippen molar-refractivity contribution in [1.29, 1.82) is 0 Å². The maximum Gasteiger partial charge on any atom is 0.232 e. The average Bonchev–Trinajstić information content (AvgIpc) is 2.45. The zero-order valence-corrected chi connectivity index (χ0v) is 12.0. The van der Waals surface area contributed by atoms with Crippen molar-refractivity contribution in [2.45, 2.75) is 19.3 Å². The lowest BCUT2D eigenvalue weighted by atomic mass is 9.99. The maximum absolute atomic E-state index is 6.03. The third-order valence-corrected chi connectivity index (χ3v) is 3.72. The molecule has 0 bridgehead atoms. The van der Waals surface area contributed by atoms with E-state index in [1.54, 1.807) is 12.3 Å². The average molecular weight is 281 g/mol. The highest BCUT2D eigenvalue weighted by molar-refractivity contribution is 6.31. The first-order chi connectivity index (χ1) is 9.29. The Bertz CT molecular complexity index is 411. The lowest BCUT2D eigenvalue weighted by Gasteiger charge is -2.32. The SMILES string of the molecule is C=CCCN1CCCC(COc2ncccc2Cl)C1. The van der Waals surface area contributed by atoms with E-state index in [0.29, 0.717) is 23.4 Å². The molecule has 0 N–H and O–H groups in total. The number of nitrogens with zero attached hydrogens (tertiary/aromatic N) is 2. The second-order valence-electron chi connectivity index (χ2n) is 4.99. The lowest BCUT2D eigenvalue weighted by Crippen LogP contribution is -2.38. The number of pyridine rings is 1. The molecule has 0 aliphatic carbocycles. The normalized spacial score (nSPS) is 20.2. The molecule has 1 saturated heterocycles. The number of halogens is 1. The molecule has 1 atom stereocenters. The van der Waals surface area contributed by atoms with Crippen LogP contribution in [0.3, 0.4) is 0 Å². The number of ether oxygens (including phenoxy) is 1. The molecule has 19 heavy (non-hydrogen) atoms. The van der Waals surface area contributed by atoms with Crippen molar-refractivity contribution in [3.63, 3.8) is 0 Å². The van der Waals surface area contributed by atoms with Crippen molar-refractivity contribution in [2.24, 2.45) is 5.92 Å². The summed E-state index contributed by atoms with van der Waals surface area (Å²) in [4.78, 5) is 6.64. The molecule has 3 nitrogen and oxygen atoms in total. The Hall–Kier alpha value is -1.06. The largest absolute Gasteiger partial charge is 0.476 e. The molecule has 104 valence electrons. The summed E-state index contributed by atoms with van der Waals surface area (Å²) in [6, 6.07) is 3.62. The zero-order valence-electron chi connectivity index (χ0n) is 11.2. The van der Waals surface area contributed by atoms with Crippen LogP contribution in [0.5, 0.6) is 5.88 Å². The predicted octanol–water partition coefficient (Wildman–Crippen LogP) is 3.40. The first-order valence-corrected chi connectivity index (χ1v) is 7.24. The molecule has 1 aliphatic heterocycles. The van der Waals surface area contributed by atoms with E-state index >= 15 is 0 Å². The topological polar surface area (TPSA) is 25.4 Å². The summed E-state index contributed by atoms with van der Waals surface area (Å²) >= 11 is 6.03. The number of aromatic nitrogens is 1. The van der Waals surface area contributed by atoms with E-state index in [1.165, 1.54) is 19.4 Å². The molecule has 1 unspecified atom stereocenters. The summed E-state index contributed by atoms with van der Waals surface area (Å²) in [5.41, 5.74) is 0. The van der Waals surface area contributed by atoms with Crippen LogP contribution >= 0.6 is 11.6 Å². The Morgan fingerprint density at radius 1 is 1.58 bits per heavy atom. The van der Waals surface area contributed by atoms with E-state index in [2.05, 4.69) is 16.5 Å². The van der Waals surface area contributed by atoms with Crippen molar-refractivity contribution in [3.8, 4) is 5.88 Å². The summed E-state index contributed by atoms with van der Waals surface area (Å²) in [5.74, 6) is 1.11. The second-order valence-corrected chi connectivity index (χ2v) is 5.39. The minimum Gasteiger partial charge on any atom is -0.476 e.